The fraction of sp³-hybridized carbons (Fsp3) is 0.600. The third-order valence-corrected chi connectivity index (χ3v) is 1.28. The van der Waals surface area contributed by atoms with E-state index in [4.69, 9.17) is 5.11 Å². The van der Waals surface area contributed by atoms with E-state index in [1.54, 1.807) is 6.92 Å². The van der Waals surface area contributed by atoms with Crippen LogP contribution in [0.15, 0.2) is 0 Å². The van der Waals surface area contributed by atoms with Crippen LogP contribution in [0.3, 0.4) is 0 Å². The number of hydrogen-bond donors (Lipinski definition) is 2. The van der Waals surface area contributed by atoms with E-state index in [9.17, 15) is 9.59 Å². The highest BCUT2D eigenvalue weighted by Crippen LogP contribution is 2.07. The number of rotatable bonds is 1. The molecule has 1 rings (SSSR count). The molecule has 10 heavy (non-hydrogen) atoms. The second-order valence-corrected chi connectivity index (χ2v) is 2.10. The monoisotopic (exact) mass is 145 g/mol. The molecular weight excluding hydrogens is 138 g/mol. The Hall–Kier alpha value is -1.26. The number of alkyl carbamates (subject to hydrolysis) is 1. The van der Waals surface area contributed by atoms with Crippen molar-refractivity contribution >= 4 is 12.1 Å². The Morgan fingerprint density at radius 3 is 2.60 bits per heavy atom. The lowest BCUT2D eigenvalue weighted by atomic mass is 10.2. The van der Waals surface area contributed by atoms with Gasteiger partial charge in [0.1, 0.15) is 0 Å². The summed E-state index contributed by atoms with van der Waals surface area (Å²) in [6, 6.07) is -0.440. The van der Waals surface area contributed by atoms with Crippen LogP contribution in [0.4, 0.5) is 4.79 Å². The molecule has 1 aliphatic heterocycles. The summed E-state index contributed by atoms with van der Waals surface area (Å²) in [7, 11) is 0. The molecule has 2 N–H and O–H groups in total. The van der Waals surface area contributed by atoms with Gasteiger partial charge in [0.25, 0.3) is 0 Å². The van der Waals surface area contributed by atoms with Crippen LogP contribution < -0.4 is 5.32 Å². The van der Waals surface area contributed by atoms with Gasteiger partial charge in [-0.25, -0.2) is 9.59 Å². The van der Waals surface area contributed by atoms with Crippen molar-refractivity contribution in [2.24, 2.45) is 0 Å². The summed E-state index contributed by atoms with van der Waals surface area (Å²) in [6.07, 6.45) is -1.70. The summed E-state index contributed by atoms with van der Waals surface area (Å²) in [5.74, 6) is -1.12. The average molecular weight is 145 g/mol. The van der Waals surface area contributed by atoms with E-state index in [1.165, 1.54) is 0 Å². The molecule has 5 heteroatoms. The number of hydrogen-bond acceptors (Lipinski definition) is 3. The van der Waals surface area contributed by atoms with Crippen LogP contribution in [0.5, 0.6) is 0 Å². The number of carboxylic acids is 1. The topological polar surface area (TPSA) is 75.6 Å². The number of cyclic esters (lactones) is 1. The first-order valence-corrected chi connectivity index (χ1v) is 2.81. The predicted molar refractivity (Wildman–Crippen MR) is 30.5 cm³/mol. The summed E-state index contributed by atoms with van der Waals surface area (Å²) in [6.45, 7) is 1.57. The second kappa shape index (κ2) is 2.17. The van der Waals surface area contributed by atoms with Gasteiger partial charge in [0, 0.05) is 0 Å². The first-order valence-electron chi connectivity index (χ1n) is 2.81. The number of aliphatic carboxylic acids is 1. The van der Waals surface area contributed by atoms with Crippen LogP contribution in [-0.2, 0) is 9.53 Å². The summed E-state index contributed by atoms with van der Waals surface area (Å²) in [5.41, 5.74) is 0. The van der Waals surface area contributed by atoms with E-state index in [1.807, 2.05) is 0 Å². The van der Waals surface area contributed by atoms with Crippen molar-refractivity contribution in [3.8, 4) is 0 Å². The van der Waals surface area contributed by atoms with E-state index in [0.29, 0.717) is 0 Å². The van der Waals surface area contributed by atoms with Crippen LogP contribution in [0.25, 0.3) is 0 Å². The number of carbonyl (C=O) groups excluding carboxylic acids is 1. The molecule has 0 aromatic rings. The van der Waals surface area contributed by atoms with Crippen molar-refractivity contribution in [2.45, 2.75) is 19.1 Å². The fourth-order valence-electron chi connectivity index (χ4n) is 0.777. The van der Waals surface area contributed by atoms with Crippen molar-refractivity contribution in [1.29, 1.82) is 0 Å². The van der Waals surface area contributed by atoms with Crippen LogP contribution in [0, 0.1) is 0 Å². The number of carbonyl (C=O) groups is 2. The number of nitrogens with one attached hydrogen (secondary N) is 1. The third kappa shape index (κ3) is 1.02. The first kappa shape index (κ1) is 6.85. The highest BCUT2D eigenvalue weighted by Gasteiger charge is 2.36. The zero-order chi connectivity index (χ0) is 7.72. The normalized spacial score (nSPS) is 31.1. The zero-order valence-electron chi connectivity index (χ0n) is 5.33. The minimum atomic E-state index is -1.12. The smallest absolute Gasteiger partial charge is 0.408 e. The molecule has 2 atom stereocenters. The van der Waals surface area contributed by atoms with Crippen molar-refractivity contribution in [1.82, 2.24) is 5.32 Å². The van der Waals surface area contributed by atoms with E-state index in [-0.39, 0.29) is 0 Å². The van der Waals surface area contributed by atoms with Gasteiger partial charge < -0.3 is 15.2 Å². The maximum absolute atomic E-state index is 10.4. The van der Waals surface area contributed by atoms with Gasteiger partial charge in [0.05, 0.1) is 6.04 Å². The molecule has 1 amide bonds. The summed E-state index contributed by atoms with van der Waals surface area (Å²) < 4.78 is 4.39. The van der Waals surface area contributed by atoms with Crippen molar-refractivity contribution in [3.63, 3.8) is 0 Å². The summed E-state index contributed by atoms with van der Waals surface area (Å²) >= 11 is 0. The van der Waals surface area contributed by atoms with Gasteiger partial charge in [-0.1, -0.05) is 0 Å². The maximum atomic E-state index is 10.4. The van der Waals surface area contributed by atoms with Gasteiger partial charge >= 0.3 is 12.1 Å². The molecule has 0 saturated carbocycles. The largest absolute Gasteiger partial charge is 0.478 e. The Kier molecular flexibility index (Phi) is 1.48. The van der Waals surface area contributed by atoms with Crippen molar-refractivity contribution in [3.05, 3.63) is 0 Å². The molecule has 1 saturated heterocycles. The first-order chi connectivity index (χ1) is 4.61. The molecule has 0 aromatic carbocycles. The number of ether oxygens (including phenoxy) is 1. The van der Waals surface area contributed by atoms with Crippen molar-refractivity contribution in [2.75, 3.05) is 0 Å². The maximum Gasteiger partial charge on any atom is 0.408 e. The number of carboxylic acid groups (broad SMARTS) is 1. The summed E-state index contributed by atoms with van der Waals surface area (Å²) in [4.78, 5) is 20.6. The Balaban J connectivity index is 2.63. The molecule has 0 aromatic heterocycles. The molecule has 1 fully saturated rings. The van der Waals surface area contributed by atoms with E-state index < -0.39 is 24.2 Å². The third-order valence-electron chi connectivity index (χ3n) is 1.28. The van der Waals surface area contributed by atoms with Crippen LogP contribution >= 0.6 is 0 Å². The van der Waals surface area contributed by atoms with Gasteiger partial charge in [0.15, 0.2) is 0 Å². The highest BCUT2D eigenvalue weighted by atomic mass is 16.6. The molecule has 5 nitrogen and oxygen atoms in total. The van der Waals surface area contributed by atoms with E-state index >= 15 is 0 Å². The lowest BCUT2D eigenvalue weighted by Gasteiger charge is -2.04. The van der Waals surface area contributed by atoms with Crippen LogP contribution in [0.2, 0.25) is 0 Å². The molecule has 56 valence electrons. The number of amides is 1. The predicted octanol–water partition coefficient (Wildman–Crippen LogP) is -0.432. The summed E-state index contributed by atoms with van der Waals surface area (Å²) in [5, 5.41) is 10.7. The zero-order valence-corrected chi connectivity index (χ0v) is 5.33. The molecule has 0 radical (unpaired) electrons. The van der Waals surface area contributed by atoms with E-state index in [0.717, 1.165) is 0 Å². The van der Waals surface area contributed by atoms with Gasteiger partial charge in [-0.15, -0.1) is 0 Å². The average Bonchev–Trinajstić information content (AvgIpc) is 2.10. The Morgan fingerprint density at radius 1 is 1.80 bits per heavy atom. The standard InChI is InChI=1S/C5H7NO4/c1-2-3(4(7)8)10-5(9)6-2/h2-3H,1H3,(H,6,9)(H,7,8)/t2-,3-/m0/s1. The van der Waals surface area contributed by atoms with Gasteiger partial charge in [-0.05, 0) is 6.92 Å². The minimum absolute atomic E-state index is 0.440. The Morgan fingerprint density at radius 2 is 2.40 bits per heavy atom. The lowest BCUT2D eigenvalue weighted by molar-refractivity contribution is -0.145. The quantitative estimate of drug-likeness (QED) is 0.524. The van der Waals surface area contributed by atoms with Gasteiger partial charge in [0.2, 0.25) is 6.10 Å². The van der Waals surface area contributed by atoms with Crippen LogP contribution in [-0.4, -0.2) is 29.3 Å². The van der Waals surface area contributed by atoms with E-state index in [2.05, 4.69) is 10.1 Å². The minimum Gasteiger partial charge on any atom is -0.478 e. The highest BCUT2D eigenvalue weighted by molar-refractivity contribution is 5.81. The van der Waals surface area contributed by atoms with Gasteiger partial charge in [-0.2, -0.15) is 0 Å². The van der Waals surface area contributed by atoms with Crippen molar-refractivity contribution < 1.29 is 19.4 Å². The molecule has 0 bridgehead atoms. The van der Waals surface area contributed by atoms with Gasteiger partial charge in [-0.3, -0.25) is 0 Å². The molecule has 0 unspecified atom stereocenters. The molecule has 0 spiro atoms. The Labute approximate surface area is 57.0 Å². The Bertz CT molecular complexity index is 178. The molecule has 1 aliphatic rings. The molecular formula is C5H7NO4. The molecule has 1 heterocycles. The molecule has 0 aliphatic carbocycles. The fourth-order valence-corrected chi connectivity index (χ4v) is 0.777. The lowest BCUT2D eigenvalue weighted by Crippen LogP contribution is -2.33. The SMILES string of the molecule is C[C@@H]1NC(=O)O[C@@H]1C(=O)O. The second-order valence-electron chi connectivity index (χ2n) is 2.10. The van der Waals surface area contributed by atoms with Crippen LogP contribution in [0.1, 0.15) is 6.92 Å².